The summed E-state index contributed by atoms with van der Waals surface area (Å²) < 4.78 is 1.35. The Hall–Kier alpha value is -1.72. The molecule has 3 N–H and O–H groups in total. The largest absolute Gasteiger partial charge is 0.383 e. The van der Waals surface area contributed by atoms with Crippen molar-refractivity contribution in [1.29, 1.82) is 0 Å². The van der Waals surface area contributed by atoms with E-state index in [2.05, 4.69) is 4.98 Å². The molecule has 0 radical (unpaired) electrons. The van der Waals surface area contributed by atoms with Gasteiger partial charge in [-0.25, -0.2) is 4.79 Å². The molecular formula is C9H14N4O2. The van der Waals surface area contributed by atoms with Crippen LogP contribution in [-0.2, 0) is 0 Å². The summed E-state index contributed by atoms with van der Waals surface area (Å²) in [6.07, 6.45) is 3.27. The number of piperidine rings is 1. The number of aromatic amines is 1. The van der Waals surface area contributed by atoms with Crippen LogP contribution in [-0.4, -0.2) is 22.7 Å². The van der Waals surface area contributed by atoms with Crippen molar-refractivity contribution < 1.29 is 0 Å². The summed E-state index contributed by atoms with van der Waals surface area (Å²) in [6.45, 7) is 1.60. The Bertz CT molecular complexity index is 456. The molecule has 0 atom stereocenters. The smallest absolute Gasteiger partial charge is 0.348 e. The summed E-state index contributed by atoms with van der Waals surface area (Å²) in [6, 6.07) is 1.23. The van der Waals surface area contributed by atoms with Crippen LogP contribution in [0.25, 0.3) is 0 Å². The number of aromatic nitrogens is 2. The van der Waals surface area contributed by atoms with Crippen LogP contribution in [0.5, 0.6) is 0 Å². The van der Waals surface area contributed by atoms with E-state index in [0.29, 0.717) is 0 Å². The highest BCUT2D eigenvalue weighted by atomic mass is 16.2. The number of anilines is 1. The van der Waals surface area contributed by atoms with Crippen molar-refractivity contribution in [1.82, 2.24) is 9.66 Å². The summed E-state index contributed by atoms with van der Waals surface area (Å²) in [5.74, 6) is 0.200. The lowest BCUT2D eigenvalue weighted by Gasteiger charge is -2.30. The number of H-pyrrole nitrogens is 1. The molecule has 0 saturated carbocycles. The maximum atomic E-state index is 11.5. The van der Waals surface area contributed by atoms with Gasteiger partial charge in [-0.05, 0) is 19.3 Å². The Kier molecular flexibility index (Phi) is 2.49. The topological polar surface area (TPSA) is 84.1 Å². The van der Waals surface area contributed by atoms with Gasteiger partial charge in [-0.2, -0.15) is 4.68 Å². The van der Waals surface area contributed by atoms with Crippen molar-refractivity contribution in [2.45, 2.75) is 19.3 Å². The first-order valence-electron chi connectivity index (χ1n) is 5.05. The second-order valence-electron chi connectivity index (χ2n) is 3.69. The molecular weight excluding hydrogens is 196 g/mol. The Morgan fingerprint density at radius 3 is 2.47 bits per heavy atom. The summed E-state index contributed by atoms with van der Waals surface area (Å²) in [5, 5.41) is 1.87. The molecule has 6 heteroatoms. The molecule has 1 aromatic heterocycles. The number of nitrogens with two attached hydrogens (primary N) is 1. The molecule has 0 bridgehead atoms. The summed E-state index contributed by atoms with van der Waals surface area (Å²) >= 11 is 0. The van der Waals surface area contributed by atoms with Crippen molar-refractivity contribution in [3.8, 4) is 0 Å². The standard InChI is InChI=1S/C9H14N4O2/c10-7-6-8(14)11-9(15)13(7)12-4-2-1-3-5-12/h6H,1-5,10H2,(H,11,14,15). The minimum absolute atomic E-state index is 0.200. The molecule has 0 spiro atoms. The van der Waals surface area contributed by atoms with Crippen LogP contribution in [0, 0.1) is 0 Å². The van der Waals surface area contributed by atoms with Crippen LogP contribution >= 0.6 is 0 Å². The molecule has 1 aliphatic heterocycles. The van der Waals surface area contributed by atoms with Crippen molar-refractivity contribution in [2.24, 2.45) is 0 Å². The van der Waals surface area contributed by atoms with Gasteiger partial charge in [0.15, 0.2) is 0 Å². The Morgan fingerprint density at radius 2 is 1.87 bits per heavy atom. The fourth-order valence-electron chi connectivity index (χ4n) is 1.88. The van der Waals surface area contributed by atoms with Gasteiger partial charge < -0.3 is 10.7 Å². The minimum Gasteiger partial charge on any atom is -0.383 e. The maximum absolute atomic E-state index is 11.5. The fourth-order valence-corrected chi connectivity index (χ4v) is 1.88. The highest BCUT2D eigenvalue weighted by Crippen LogP contribution is 2.08. The van der Waals surface area contributed by atoms with Gasteiger partial charge >= 0.3 is 5.69 Å². The number of nitrogens with one attached hydrogen (secondary N) is 1. The van der Waals surface area contributed by atoms with Gasteiger partial charge in [0.25, 0.3) is 5.56 Å². The van der Waals surface area contributed by atoms with Crippen molar-refractivity contribution in [3.63, 3.8) is 0 Å². The second-order valence-corrected chi connectivity index (χ2v) is 3.69. The number of rotatable bonds is 1. The molecule has 1 aromatic rings. The zero-order valence-corrected chi connectivity index (χ0v) is 8.40. The van der Waals surface area contributed by atoms with E-state index in [-0.39, 0.29) is 5.82 Å². The monoisotopic (exact) mass is 210 g/mol. The second kappa shape index (κ2) is 3.80. The van der Waals surface area contributed by atoms with Gasteiger partial charge in [-0.15, -0.1) is 0 Å². The molecule has 1 aliphatic rings. The predicted molar refractivity (Wildman–Crippen MR) is 57.5 cm³/mol. The molecule has 2 rings (SSSR count). The van der Waals surface area contributed by atoms with E-state index in [0.717, 1.165) is 25.9 Å². The Balaban J connectivity index is 2.42. The highest BCUT2D eigenvalue weighted by Gasteiger charge is 2.14. The Morgan fingerprint density at radius 1 is 1.20 bits per heavy atom. The van der Waals surface area contributed by atoms with E-state index in [4.69, 9.17) is 5.73 Å². The summed E-state index contributed by atoms with van der Waals surface area (Å²) in [7, 11) is 0. The maximum Gasteiger partial charge on any atom is 0.348 e. The van der Waals surface area contributed by atoms with E-state index in [1.807, 2.05) is 5.01 Å². The van der Waals surface area contributed by atoms with Gasteiger partial charge in [-0.1, -0.05) is 0 Å². The van der Waals surface area contributed by atoms with E-state index in [1.165, 1.54) is 17.2 Å². The molecule has 1 fully saturated rings. The molecule has 0 aliphatic carbocycles. The van der Waals surface area contributed by atoms with E-state index >= 15 is 0 Å². The quantitative estimate of drug-likeness (QED) is 0.638. The van der Waals surface area contributed by atoms with Crippen LogP contribution in [0.2, 0.25) is 0 Å². The third-order valence-electron chi connectivity index (χ3n) is 2.56. The van der Waals surface area contributed by atoms with Gasteiger partial charge in [0.05, 0.1) is 0 Å². The zero-order valence-electron chi connectivity index (χ0n) is 8.40. The molecule has 1 saturated heterocycles. The highest BCUT2D eigenvalue weighted by molar-refractivity contribution is 5.28. The fraction of sp³-hybridized carbons (Fsp3) is 0.556. The van der Waals surface area contributed by atoms with Gasteiger partial charge in [-0.3, -0.25) is 9.78 Å². The predicted octanol–water partition coefficient (Wildman–Crippen LogP) is -0.759. The number of hydrogen-bond donors (Lipinski definition) is 2. The lowest BCUT2D eigenvalue weighted by atomic mass is 10.2. The molecule has 0 amide bonds. The van der Waals surface area contributed by atoms with Crippen LogP contribution in [0.3, 0.4) is 0 Å². The van der Waals surface area contributed by atoms with E-state index in [1.54, 1.807) is 0 Å². The van der Waals surface area contributed by atoms with Crippen LogP contribution < -0.4 is 22.0 Å². The third kappa shape index (κ3) is 1.88. The molecule has 15 heavy (non-hydrogen) atoms. The SMILES string of the molecule is Nc1cc(=O)[nH]c(=O)n1N1CCCCC1. The van der Waals surface area contributed by atoms with Crippen molar-refractivity contribution in [2.75, 3.05) is 23.8 Å². The first-order valence-corrected chi connectivity index (χ1v) is 5.05. The van der Waals surface area contributed by atoms with Gasteiger partial charge in [0, 0.05) is 19.2 Å². The average molecular weight is 210 g/mol. The van der Waals surface area contributed by atoms with Crippen LogP contribution in [0.15, 0.2) is 15.7 Å². The van der Waals surface area contributed by atoms with Crippen molar-refractivity contribution in [3.05, 3.63) is 26.9 Å². The first-order chi connectivity index (χ1) is 7.18. The number of hydrogen-bond acceptors (Lipinski definition) is 4. The van der Waals surface area contributed by atoms with Gasteiger partial charge in [0.1, 0.15) is 5.82 Å². The summed E-state index contributed by atoms with van der Waals surface area (Å²) in [4.78, 5) is 24.7. The van der Waals surface area contributed by atoms with Crippen LogP contribution in [0.4, 0.5) is 5.82 Å². The zero-order chi connectivity index (χ0) is 10.8. The van der Waals surface area contributed by atoms with Crippen LogP contribution in [0.1, 0.15) is 19.3 Å². The molecule has 0 unspecified atom stereocenters. The molecule has 82 valence electrons. The average Bonchev–Trinajstić information content (AvgIpc) is 2.17. The minimum atomic E-state index is -0.457. The summed E-state index contributed by atoms with van der Waals surface area (Å²) in [5.41, 5.74) is 4.74. The van der Waals surface area contributed by atoms with E-state index in [9.17, 15) is 9.59 Å². The molecule has 2 heterocycles. The molecule has 0 aromatic carbocycles. The number of nitrogen functional groups attached to an aromatic ring is 1. The third-order valence-corrected chi connectivity index (χ3v) is 2.56. The van der Waals surface area contributed by atoms with E-state index < -0.39 is 11.2 Å². The lowest BCUT2D eigenvalue weighted by molar-refractivity contribution is 0.468. The lowest BCUT2D eigenvalue weighted by Crippen LogP contribution is -2.48. The first kappa shape index (κ1) is 9.82. The molecule has 6 nitrogen and oxygen atoms in total. The number of nitrogens with zero attached hydrogens (tertiary/aromatic N) is 2. The Labute approximate surface area is 86.3 Å². The van der Waals surface area contributed by atoms with Crippen molar-refractivity contribution >= 4 is 5.82 Å². The van der Waals surface area contributed by atoms with Gasteiger partial charge in [0.2, 0.25) is 0 Å². The normalized spacial score (nSPS) is 16.7.